The summed E-state index contributed by atoms with van der Waals surface area (Å²) in [5, 5.41) is 8.41. The number of oxazole rings is 1. The number of fused-ring (bicyclic) bond motifs is 1. The van der Waals surface area contributed by atoms with Crippen LogP contribution in [0.1, 0.15) is 17.9 Å². The largest absolute Gasteiger partial charge is 0.444 e. The highest BCUT2D eigenvalue weighted by molar-refractivity contribution is 6.30. The third-order valence-corrected chi connectivity index (χ3v) is 4.24. The van der Waals surface area contributed by atoms with Gasteiger partial charge in [-0.2, -0.15) is 5.10 Å². The summed E-state index contributed by atoms with van der Waals surface area (Å²) in [6.07, 6.45) is 5.31. The van der Waals surface area contributed by atoms with Gasteiger partial charge in [0.1, 0.15) is 18.4 Å². The minimum absolute atomic E-state index is 0.371. The Labute approximate surface area is 138 Å². The highest BCUT2D eigenvalue weighted by Crippen LogP contribution is 2.22. The van der Waals surface area contributed by atoms with E-state index in [-0.39, 0.29) is 0 Å². The molecular weight excluding hydrogens is 314 g/mol. The zero-order valence-electron chi connectivity index (χ0n) is 12.4. The Morgan fingerprint density at radius 3 is 3.26 bits per heavy atom. The smallest absolute Gasteiger partial charge is 0.226 e. The number of hydrogen-bond donors (Lipinski definition) is 1. The van der Waals surface area contributed by atoms with Gasteiger partial charge >= 0.3 is 0 Å². The molecule has 0 unspecified atom stereocenters. The molecule has 0 saturated heterocycles. The summed E-state index contributed by atoms with van der Waals surface area (Å²) in [6, 6.07) is 7.87. The maximum atomic E-state index is 6.00. The summed E-state index contributed by atoms with van der Waals surface area (Å²) in [7, 11) is 0. The zero-order chi connectivity index (χ0) is 15.6. The molecule has 1 aliphatic rings. The number of halogens is 1. The second kappa shape index (κ2) is 6.14. The maximum absolute atomic E-state index is 6.00. The minimum atomic E-state index is 0.371. The number of aromatic nitrogens is 4. The van der Waals surface area contributed by atoms with E-state index in [4.69, 9.17) is 16.0 Å². The second-order valence-corrected chi connectivity index (χ2v) is 6.07. The lowest BCUT2D eigenvalue weighted by Crippen LogP contribution is -2.37. The molecule has 1 atom stereocenters. The van der Waals surface area contributed by atoms with E-state index in [0.29, 0.717) is 23.5 Å². The number of benzene rings is 1. The van der Waals surface area contributed by atoms with Crippen molar-refractivity contribution >= 4 is 11.6 Å². The predicted octanol–water partition coefficient (Wildman–Crippen LogP) is 2.69. The van der Waals surface area contributed by atoms with E-state index in [1.165, 1.54) is 0 Å². The lowest BCUT2D eigenvalue weighted by atomic mass is 10.1. The van der Waals surface area contributed by atoms with E-state index >= 15 is 0 Å². The summed E-state index contributed by atoms with van der Waals surface area (Å²) < 4.78 is 7.51. The molecule has 3 aromatic rings. The Bertz CT molecular complexity index is 812. The lowest BCUT2D eigenvalue weighted by molar-refractivity contribution is 0.356. The molecule has 6 nitrogen and oxygen atoms in total. The first-order valence-corrected chi connectivity index (χ1v) is 7.96. The maximum Gasteiger partial charge on any atom is 0.226 e. The van der Waals surface area contributed by atoms with Crippen LogP contribution in [0.4, 0.5) is 0 Å². The molecular formula is C16H16ClN5O. The van der Waals surface area contributed by atoms with Gasteiger partial charge in [0.25, 0.3) is 0 Å². The highest BCUT2D eigenvalue weighted by atomic mass is 35.5. The van der Waals surface area contributed by atoms with Crippen molar-refractivity contribution in [2.24, 2.45) is 0 Å². The van der Waals surface area contributed by atoms with Gasteiger partial charge in [0.05, 0.1) is 12.2 Å². The normalized spacial score (nSPS) is 17.2. The number of aryl methyl sites for hydroxylation is 1. The molecule has 0 fully saturated rings. The number of nitrogens with one attached hydrogen (secondary N) is 1. The van der Waals surface area contributed by atoms with E-state index in [9.17, 15) is 0 Å². The summed E-state index contributed by atoms with van der Waals surface area (Å²) in [5.41, 5.74) is 1.76. The number of nitrogens with zero attached hydrogens (tertiary/aromatic N) is 4. The Kier molecular flexibility index (Phi) is 3.85. The van der Waals surface area contributed by atoms with Crippen LogP contribution in [-0.4, -0.2) is 25.8 Å². The van der Waals surface area contributed by atoms with Crippen LogP contribution in [-0.2, 0) is 19.5 Å². The van der Waals surface area contributed by atoms with Gasteiger partial charge in [-0.3, -0.25) is 0 Å². The van der Waals surface area contributed by atoms with Gasteiger partial charge < -0.3 is 9.73 Å². The van der Waals surface area contributed by atoms with Crippen LogP contribution in [0.15, 0.2) is 41.3 Å². The molecule has 0 radical (unpaired) electrons. The standard InChI is InChI=1S/C16H16ClN5O/c17-12-3-1-2-11(6-12)16-21-14(9-23-16)7-18-13-4-5-15-19-10-20-22(15)8-13/h1-3,6,9-10,13,18H,4-5,7-8H2/t13-/m0/s1. The summed E-state index contributed by atoms with van der Waals surface area (Å²) in [4.78, 5) is 8.76. The fraction of sp³-hybridized carbons (Fsp3) is 0.312. The van der Waals surface area contributed by atoms with Crippen molar-refractivity contribution in [2.45, 2.75) is 32.0 Å². The fourth-order valence-electron chi connectivity index (χ4n) is 2.80. The van der Waals surface area contributed by atoms with E-state index in [1.54, 1.807) is 12.6 Å². The van der Waals surface area contributed by atoms with Crippen molar-refractivity contribution in [3.05, 3.63) is 53.4 Å². The molecule has 1 aliphatic heterocycles. The van der Waals surface area contributed by atoms with E-state index in [0.717, 1.165) is 36.5 Å². The van der Waals surface area contributed by atoms with Gasteiger partial charge in [-0.15, -0.1) is 0 Å². The van der Waals surface area contributed by atoms with Crippen molar-refractivity contribution in [2.75, 3.05) is 0 Å². The first-order chi connectivity index (χ1) is 11.3. The molecule has 7 heteroatoms. The molecule has 1 aromatic carbocycles. The van der Waals surface area contributed by atoms with Crippen LogP contribution in [0.25, 0.3) is 11.5 Å². The molecule has 0 aliphatic carbocycles. The third kappa shape index (κ3) is 3.13. The molecule has 0 bridgehead atoms. The minimum Gasteiger partial charge on any atom is -0.444 e. The van der Waals surface area contributed by atoms with Gasteiger partial charge in [0.2, 0.25) is 5.89 Å². The Morgan fingerprint density at radius 2 is 2.35 bits per heavy atom. The topological polar surface area (TPSA) is 68.8 Å². The molecule has 0 saturated carbocycles. The average molecular weight is 330 g/mol. The molecule has 3 heterocycles. The Morgan fingerprint density at radius 1 is 1.39 bits per heavy atom. The van der Waals surface area contributed by atoms with Crippen molar-refractivity contribution in [3.63, 3.8) is 0 Å². The van der Waals surface area contributed by atoms with Gasteiger partial charge in [-0.25, -0.2) is 14.6 Å². The number of hydrogen-bond acceptors (Lipinski definition) is 5. The van der Waals surface area contributed by atoms with Crippen LogP contribution in [0.2, 0.25) is 5.02 Å². The molecule has 0 spiro atoms. The fourth-order valence-corrected chi connectivity index (χ4v) is 2.99. The van der Waals surface area contributed by atoms with Crippen molar-refractivity contribution in [1.29, 1.82) is 0 Å². The molecule has 118 valence electrons. The van der Waals surface area contributed by atoms with E-state index in [2.05, 4.69) is 20.4 Å². The number of rotatable bonds is 4. The van der Waals surface area contributed by atoms with Crippen LogP contribution in [0.5, 0.6) is 0 Å². The summed E-state index contributed by atoms with van der Waals surface area (Å²) in [6.45, 7) is 1.51. The van der Waals surface area contributed by atoms with Crippen LogP contribution in [0, 0.1) is 0 Å². The van der Waals surface area contributed by atoms with E-state index < -0.39 is 0 Å². The first kappa shape index (κ1) is 14.4. The summed E-state index contributed by atoms with van der Waals surface area (Å²) in [5.74, 6) is 1.65. The first-order valence-electron chi connectivity index (χ1n) is 7.58. The third-order valence-electron chi connectivity index (χ3n) is 4.00. The van der Waals surface area contributed by atoms with Gasteiger partial charge in [0, 0.05) is 29.6 Å². The monoisotopic (exact) mass is 329 g/mol. The highest BCUT2D eigenvalue weighted by Gasteiger charge is 2.19. The molecule has 4 rings (SSSR count). The van der Waals surface area contributed by atoms with Crippen molar-refractivity contribution in [3.8, 4) is 11.5 Å². The van der Waals surface area contributed by atoms with E-state index in [1.807, 2.05) is 28.9 Å². The second-order valence-electron chi connectivity index (χ2n) is 5.63. The van der Waals surface area contributed by atoms with Crippen molar-refractivity contribution in [1.82, 2.24) is 25.1 Å². The SMILES string of the molecule is Clc1cccc(-c2nc(CN[C@H]3CCc4ncnn4C3)co2)c1. The predicted molar refractivity (Wildman–Crippen MR) is 85.9 cm³/mol. The van der Waals surface area contributed by atoms with Gasteiger partial charge in [-0.1, -0.05) is 17.7 Å². The quantitative estimate of drug-likeness (QED) is 0.797. The Balaban J connectivity index is 1.39. The zero-order valence-corrected chi connectivity index (χ0v) is 13.2. The Hall–Kier alpha value is -2.18. The average Bonchev–Trinajstić information content (AvgIpc) is 3.21. The van der Waals surface area contributed by atoms with Crippen LogP contribution in [0.3, 0.4) is 0 Å². The van der Waals surface area contributed by atoms with Gasteiger partial charge in [-0.05, 0) is 24.6 Å². The summed E-state index contributed by atoms with van der Waals surface area (Å²) >= 11 is 6.00. The van der Waals surface area contributed by atoms with Crippen LogP contribution >= 0.6 is 11.6 Å². The van der Waals surface area contributed by atoms with Crippen molar-refractivity contribution < 1.29 is 4.42 Å². The molecule has 23 heavy (non-hydrogen) atoms. The molecule has 1 N–H and O–H groups in total. The molecule has 2 aromatic heterocycles. The lowest BCUT2D eigenvalue weighted by Gasteiger charge is -2.23. The van der Waals surface area contributed by atoms with Crippen LogP contribution < -0.4 is 5.32 Å². The van der Waals surface area contributed by atoms with Gasteiger partial charge in [0.15, 0.2) is 0 Å². The molecule has 0 amide bonds.